The smallest absolute Gasteiger partial charge is 0.177 e. The molecule has 1 aliphatic heterocycles. The predicted molar refractivity (Wildman–Crippen MR) is 65.0 cm³/mol. The summed E-state index contributed by atoms with van der Waals surface area (Å²) in [7, 11) is 0. The van der Waals surface area contributed by atoms with E-state index in [2.05, 4.69) is 10.1 Å². The van der Waals surface area contributed by atoms with Crippen LogP contribution in [-0.4, -0.2) is 38.9 Å². The van der Waals surface area contributed by atoms with Crippen molar-refractivity contribution in [2.24, 2.45) is 0 Å². The Bertz CT molecular complexity index is 643. The van der Waals surface area contributed by atoms with Crippen molar-refractivity contribution in [3.05, 3.63) is 17.8 Å². The first-order valence-electron chi connectivity index (χ1n) is 5.67. The van der Waals surface area contributed by atoms with Gasteiger partial charge in [0.1, 0.15) is 17.5 Å². The van der Waals surface area contributed by atoms with Crippen molar-refractivity contribution in [3.8, 4) is 6.07 Å². The van der Waals surface area contributed by atoms with Gasteiger partial charge in [0.25, 0.3) is 0 Å². The molecule has 0 aliphatic carbocycles. The largest absolute Gasteiger partial charge is 0.391 e. The molecule has 3 rings (SSSR count). The predicted octanol–water partition coefficient (Wildman–Crippen LogP) is -0.246. The lowest BCUT2D eigenvalue weighted by Gasteiger charge is -2.16. The zero-order chi connectivity index (χ0) is 12.7. The molecule has 2 aromatic heterocycles. The number of β-amino-alcohol motifs (C(OH)–C–C–N with tert-alkyl or cyclic N) is 1. The van der Waals surface area contributed by atoms with Crippen molar-refractivity contribution in [2.45, 2.75) is 12.5 Å². The summed E-state index contributed by atoms with van der Waals surface area (Å²) >= 11 is 0. The van der Waals surface area contributed by atoms with Crippen LogP contribution in [0.3, 0.4) is 0 Å². The summed E-state index contributed by atoms with van der Waals surface area (Å²) in [5, 5.41) is 22.6. The first-order valence-corrected chi connectivity index (χ1v) is 5.67. The van der Waals surface area contributed by atoms with Crippen LogP contribution >= 0.6 is 0 Å². The lowest BCUT2D eigenvalue weighted by atomic mass is 10.3. The molecule has 0 aromatic carbocycles. The van der Waals surface area contributed by atoms with Gasteiger partial charge in [-0.05, 0) is 12.5 Å². The highest BCUT2D eigenvalue weighted by molar-refractivity contribution is 5.67. The number of nitrogens with two attached hydrogens (primary N) is 1. The maximum absolute atomic E-state index is 9.52. The lowest BCUT2D eigenvalue weighted by molar-refractivity contribution is 0.198. The van der Waals surface area contributed by atoms with Gasteiger partial charge in [0.15, 0.2) is 11.5 Å². The Labute approximate surface area is 103 Å². The molecule has 3 N–H and O–H groups in total. The average molecular weight is 244 g/mol. The molecule has 0 unspecified atom stereocenters. The number of rotatable bonds is 1. The Kier molecular flexibility index (Phi) is 2.31. The fourth-order valence-electron chi connectivity index (χ4n) is 2.17. The molecular weight excluding hydrogens is 232 g/mol. The van der Waals surface area contributed by atoms with Gasteiger partial charge in [0.2, 0.25) is 0 Å². The number of nitriles is 1. The molecule has 0 saturated carbocycles. The number of nitrogen functional groups attached to an aromatic ring is 1. The number of aromatic nitrogens is 3. The van der Waals surface area contributed by atoms with E-state index in [0.29, 0.717) is 12.2 Å². The number of aliphatic hydroxyl groups excluding tert-OH is 1. The monoisotopic (exact) mass is 244 g/mol. The molecule has 0 bridgehead atoms. The van der Waals surface area contributed by atoms with Crippen molar-refractivity contribution in [3.63, 3.8) is 0 Å². The van der Waals surface area contributed by atoms with E-state index < -0.39 is 0 Å². The Balaban J connectivity index is 2.08. The molecule has 7 nitrogen and oxygen atoms in total. The number of hydrogen-bond acceptors (Lipinski definition) is 6. The SMILES string of the molecule is N#Cc1c(N)nn2ccc(N3CC[C@H](O)C3)nc12. The first kappa shape index (κ1) is 10.8. The fourth-order valence-corrected chi connectivity index (χ4v) is 2.17. The van der Waals surface area contributed by atoms with E-state index >= 15 is 0 Å². The first-order chi connectivity index (χ1) is 8.69. The second kappa shape index (κ2) is 3.85. The number of fused-ring (bicyclic) bond motifs is 1. The summed E-state index contributed by atoms with van der Waals surface area (Å²) in [5.74, 6) is 0.916. The van der Waals surface area contributed by atoms with Crippen LogP contribution < -0.4 is 10.6 Å². The lowest BCUT2D eigenvalue weighted by Crippen LogP contribution is -2.22. The van der Waals surface area contributed by atoms with E-state index in [4.69, 9.17) is 11.0 Å². The van der Waals surface area contributed by atoms with Gasteiger partial charge in [0.05, 0.1) is 6.10 Å². The fraction of sp³-hybridized carbons (Fsp3) is 0.364. The van der Waals surface area contributed by atoms with Crippen LogP contribution in [0.25, 0.3) is 5.65 Å². The third-order valence-electron chi connectivity index (χ3n) is 3.10. The molecule has 18 heavy (non-hydrogen) atoms. The van der Waals surface area contributed by atoms with E-state index in [1.54, 1.807) is 12.3 Å². The minimum Gasteiger partial charge on any atom is -0.391 e. The van der Waals surface area contributed by atoms with Crippen LogP contribution in [-0.2, 0) is 0 Å². The van der Waals surface area contributed by atoms with Crippen molar-refractivity contribution < 1.29 is 5.11 Å². The molecule has 1 atom stereocenters. The molecule has 7 heteroatoms. The molecule has 0 spiro atoms. The van der Waals surface area contributed by atoms with Gasteiger partial charge in [-0.2, -0.15) is 5.26 Å². The van der Waals surface area contributed by atoms with Crippen LogP contribution in [0.2, 0.25) is 0 Å². The third-order valence-corrected chi connectivity index (χ3v) is 3.10. The Hall–Kier alpha value is -2.33. The molecule has 3 heterocycles. The van der Waals surface area contributed by atoms with E-state index in [9.17, 15) is 5.11 Å². The maximum atomic E-state index is 9.52. The summed E-state index contributed by atoms with van der Waals surface area (Å²) in [6.45, 7) is 1.32. The number of aliphatic hydroxyl groups is 1. The quantitative estimate of drug-likeness (QED) is 0.717. The molecule has 1 aliphatic rings. The van der Waals surface area contributed by atoms with Gasteiger partial charge in [-0.1, -0.05) is 0 Å². The maximum Gasteiger partial charge on any atom is 0.177 e. The zero-order valence-corrected chi connectivity index (χ0v) is 9.61. The molecule has 1 saturated heterocycles. The minimum absolute atomic E-state index is 0.184. The third kappa shape index (κ3) is 1.55. The second-order valence-electron chi connectivity index (χ2n) is 4.31. The Morgan fingerprint density at radius 2 is 2.39 bits per heavy atom. The Morgan fingerprint density at radius 3 is 3.06 bits per heavy atom. The van der Waals surface area contributed by atoms with E-state index in [-0.39, 0.29) is 17.5 Å². The van der Waals surface area contributed by atoms with Gasteiger partial charge in [-0.3, -0.25) is 0 Å². The van der Waals surface area contributed by atoms with Crippen LogP contribution in [0.5, 0.6) is 0 Å². The van der Waals surface area contributed by atoms with Gasteiger partial charge in [0, 0.05) is 19.3 Å². The summed E-state index contributed by atoms with van der Waals surface area (Å²) in [4.78, 5) is 6.38. The van der Waals surface area contributed by atoms with Gasteiger partial charge in [-0.25, -0.2) is 9.50 Å². The second-order valence-corrected chi connectivity index (χ2v) is 4.31. The summed E-state index contributed by atoms with van der Waals surface area (Å²) in [5.41, 5.74) is 6.38. The zero-order valence-electron chi connectivity index (χ0n) is 9.61. The summed E-state index contributed by atoms with van der Waals surface area (Å²) in [6.07, 6.45) is 2.15. The van der Waals surface area contributed by atoms with Gasteiger partial charge < -0.3 is 15.7 Å². The van der Waals surface area contributed by atoms with Crippen LogP contribution in [0.15, 0.2) is 12.3 Å². The average Bonchev–Trinajstić information content (AvgIpc) is 2.91. The van der Waals surface area contributed by atoms with Gasteiger partial charge in [-0.15, -0.1) is 5.10 Å². The summed E-state index contributed by atoms with van der Waals surface area (Å²) in [6, 6.07) is 3.81. The van der Waals surface area contributed by atoms with E-state index in [1.807, 2.05) is 11.0 Å². The standard InChI is InChI=1S/C11H12N6O/c12-5-8-10(13)15-17-4-2-9(14-11(8)17)16-3-1-7(18)6-16/h2,4,7,18H,1,3,6H2,(H2,13,15)/t7-/m0/s1. The normalized spacial score (nSPS) is 19.3. The molecule has 2 aromatic rings. The van der Waals surface area contributed by atoms with Crippen molar-refractivity contribution in [1.82, 2.24) is 14.6 Å². The highest BCUT2D eigenvalue weighted by atomic mass is 16.3. The van der Waals surface area contributed by atoms with Crippen molar-refractivity contribution >= 4 is 17.3 Å². The highest BCUT2D eigenvalue weighted by Crippen LogP contribution is 2.21. The highest BCUT2D eigenvalue weighted by Gasteiger charge is 2.22. The number of hydrogen-bond donors (Lipinski definition) is 2. The van der Waals surface area contributed by atoms with Crippen LogP contribution in [0, 0.1) is 11.3 Å². The van der Waals surface area contributed by atoms with E-state index in [0.717, 1.165) is 18.8 Å². The number of anilines is 2. The van der Waals surface area contributed by atoms with Crippen LogP contribution in [0.4, 0.5) is 11.6 Å². The molecule has 1 fully saturated rings. The van der Waals surface area contributed by atoms with Crippen LogP contribution in [0.1, 0.15) is 12.0 Å². The topological polar surface area (TPSA) is 103 Å². The molecule has 92 valence electrons. The minimum atomic E-state index is -0.312. The number of nitrogens with zero attached hydrogens (tertiary/aromatic N) is 5. The summed E-state index contributed by atoms with van der Waals surface area (Å²) < 4.78 is 1.49. The van der Waals surface area contributed by atoms with Gasteiger partial charge >= 0.3 is 0 Å². The van der Waals surface area contributed by atoms with Crippen molar-refractivity contribution in [1.29, 1.82) is 5.26 Å². The van der Waals surface area contributed by atoms with E-state index in [1.165, 1.54) is 4.52 Å². The van der Waals surface area contributed by atoms with Crippen molar-refractivity contribution in [2.75, 3.05) is 23.7 Å². The molecule has 0 amide bonds. The Morgan fingerprint density at radius 1 is 1.56 bits per heavy atom. The molecular formula is C11H12N6O. The molecule has 0 radical (unpaired) electrons.